The fourth-order valence-electron chi connectivity index (χ4n) is 5.48. The SMILES string of the molecule is O=C(NC1CCCCC1)[C@@H](c1ccc(O)cc1)N(C(=O)[C@@H]1COc2ccccc2O1)c1ccc2c(c1)OCCO2. The first-order valence-electron chi connectivity index (χ1n) is 13.8. The summed E-state index contributed by atoms with van der Waals surface area (Å²) in [6.45, 7) is 0.801. The van der Waals surface area contributed by atoms with Gasteiger partial charge in [-0.25, -0.2) is 0 Å². The van der Waals surface area contributed by atoms with Gasteiger partial charge < -0.3 is 29.4 Å². The van der Waals surface area contributed by atoms with Crippen LogP contribution in [0, 0.1) is 0 Å². The van der Waals surface area contributed by atoms with E-state index in [0.29, 0.717) is 47.5 Å². The molecular weight excluding hydrogens is 512 g/mol. The maximum Gasteiger partial charge on any atom is 0.272 e. The van der Waals surface area contributed by atoms with Gasteiger partial charge in [0.05, 0.1) is 0 Å². The summed E-state index contributed by atoms with van der Waals surface area (Å²) in [5.74, 6) is 1.39. The number of rotatable bonds is 6. The minimum atomic E-state index is -1.04. The van der Waals surface area contributed by atoms with Gasteiger partial charge in [0.15, 0.2) is 23.0 Å². The van der Waals surface area contributed by atoms with Gasteiger partial charge in [0.2, 0.25) is 12.0 Å². The highest BCUT2D eigenvalue weighted by molar-refractivity contribution is 6.04. The summed E-state index contributed by atoms with van der Waals surface area (Å²) < 4.78 is 23.5. The Hall–Kier alpha value is -4.40. The van der Waals surface area contributed by atoms with E-state index in [1.807, 2.05) is 12.1 Å². The van der Waals surface area contributed by atoms with E-state index in [4.69, 9.17) is 18.9 Å². The van der Waals surface area contributed by atoms with Gasteiger partial charge in [-0.1, -0.05) is 43.5 Å². The topological polar surface area (TPSA) is 107 Å². The lowest BCUT2D eigenvalue weighted by atomic mass is 9.94. The lowest BCUT2D eigenvalue weighted by molar-refractivity contribution is -0.132. The van der Waals surface area contributed by atoms with Gasteiger partial charge in [0, 0.05) is 17.8 Å². The number of carbonyl (C=O) groups is 2. The molecule has 0 saturated heterocycles. The molecule has 1 aliphatic carbocycles. The van der Waals surface area contributed by atoms with Crippen molar-refractivity contribution in [2.75, 3.05) is 24.7 Å². The van der Waals surface area contributed by atoms with Crippen molar-refractivity contribution in [2.24, 2.45) is 0 Å². The van der Waals surface area contributed by atoms with Gasteiger partial charge in [0.1, 0.15) is 31.6 Å². The quantitative estimate of drug-likeness (QED) is 0.470. The van der Waals surface area contributed by atoms with E-state index in [1.165, 1.54) is 17.0 Å². The summed E-state index contributed by atoms with van der Waals surface area (Å²) in [5, 5.41) is 13.2. The number of nitrogens with zero attached hydrogens (tertiary/aromatic N) is 1. The largest absolute Gasteiger partial charge is 0.508 e. The first-order valence-corrected chi connectivity index (χ1v) is 13.8. The standard InChI is InChI=1S/C31H32N2O7/c34-23-13-10-20(11-14-23)29(30(35)32-21-6-2-1-3-7-21)33(22-12-15-25-27(18-22)38-17-16-37-25)31(36)28-19-39-24-8-4-5-9-26(24)40-28/h4-5,8-15,18,21,28-29,34H,1-3,6-7,16-17,19H2,(H,32,35)/t28-,29+/m0/s1. The molecule has 3 aromatic carbocycles. The molecule has 2 N–H and O–H groups in total. The van der Waals surface area contributed by atoms with Crippen LogP contribution in [0.25, 0.3) is 0 Å². The number of aromatic hydroxyl groups is 1. The second-order valence-corrected chi connectivity index (χ2v) is 10.2. The number of phenols is 1. The Morgan fingerprint density at radius 1 is 0.825 bits per heavy atom. The molecule has 1 saturated carbocycles. The van der Waals surface area contributed by atoms with E-state index in [1.54, 1.807) is 42.5 Å². The Morgan fingerprint density at radius 2 is 1.52 bits per heavy atom. The third kappa shape index (κ3) is 5.36. The van der Waals surface area contributed by atoms with E-state index in [-0.39, 0.29) is 24.3 Å². The zero-order valence-corrected chi connectivity index (χ0v) is 22.1. The minimum Gasteiger partial charge on any atom is -0.508 e. The Morgan fingerprint density at radius 3 is 2.30 bits per heavy atom. The van der Waals surface area contributed by atoms with E-state index < -0.39 is 18.1 Å². The van der Waals surface area contributed by atoms with Crippen LogP contribution < -0.4 is 29.2 Å². The third-order valence-corrected chi connectivity index (χ3v) is 7.49. The Labute approximate surface area is 232 Å². The van der Waals surface area contributed by atoms with Crippen LogP contribution >= 0.6 is 0 Å². The molecule has 40 heavy (non-hydrogen) atoms. The maximum absolute atomic E-state index is 14.4. The number of benzene rings is 3. The van der Waals surface area contributed by atoms with Gasteiger partial charge in [-0.05, 0) is 54.8 Å². The lowest BCUT2D eigenvalue weighted by Crippen LogP contribution is -2.52. The summed E-state index contributed by atoms with van der Waals surface area (Å²) in [7, 11) is 0. The van der Waals surface area contributed by atoms with Gasteiger partial charge in [-0.3, -0.25) is 14.5 Å². The Balaban J connectivity index is 1.41. The summed E-state index contributed by atoms with van der Waals surface area (Å²) in [6.07, 6.45) is 4.03. The number of nitrogens with one attached hydrogen (secondary N) is 1. The third-order valence-electron chi connectivity index (χ3n) is 7.49. The second kappa shape index (κ2) is 11.4. The van der Waals surface area contributed by atoms with Crippen molar-refractivity contribution in [3.05, 3.63) is 72.3 Å². The van der Waals surface area contributed by atoms with Crippen LogP contribution in [0.5, 0.6) is 28.7 Å². The molecule has 2 aliphatic heterocycles. The smallest absolute Gasteiger partial charge is 0.272 e. The first kappa shape index (κ1) is 25.9. The molecule has 2 heterocycles. The molecule has 0 spiro atoms. The number of anilines is 1. The zero-order chi connectivity index (χ0) is 27.5. The van der Waals surface area contributed by atoms with Crippen molar-refractivity contribution >= 4 is 17.5 Å². The number of para-hydroxylation sites is 2. The highest BCUT2D eigenvalue weighted by Gasteiger charge is 2.40. The van der Waals surface area contributed by atoms with E-state index >= 15 is 0 Å². The zero-order valence-electron chi connectivity index (χ0n) is 22.1. The van der Waals surface area contributed by atoms with Crippen LogP contribution in [0.1, 0.15) is 43.7 Å². The van der Waals surface area contributed by atoms with E-state index in [0.717, 1.165) is 32.1 Å². The molecule has 1 fully saturated rings. The molecule has 0 aromatic heterocycles. The van der Waals surface area contributed by atoms with Crippen molar-refractivity contribution < 1.29 is 33.6 Å². The summed E-state index contributed by atoms with van der Waals surface area (Å²) in [6, 6.07) is 17.7. The van der Waals surface area contributed by atoms with Gasteiger partial charge >= 0.3 is 0 Å². The molecule has 3 aliphatic rings. The number of hydrogen-bond acceptors (Lipinski definition) is 7. The number of carbonyl (C=O) groups excluding carboxylic acids is 2. The number of phenolic OH excluding ortho intramolecular Hbond substituents is 1. The first-order chi connectivity index (χ1) is 19.6. The summed E-state index contributed by atoms with van der Waals surface area (Å²) in [5.41, 5.74) is 1.00. The summed E-state index contributed by atoms with van der Waals surface area (Å²) in [4.78, 5) is 29.9. The molecule has 3 aromatic rings. The molecule has 9 heteroatoms. The van der Waals surface area contributed by atoms with Crippen molar-refractivity contribution in [1.29, 1.82) is 0 Å². The molecule has 0 bridgehead atoms. The second-order valence-electron chi connectivity index (χ2n) is 10.2. The van der Waals surface area contributed by atoms with Crippen molar-refractivity contribution in [2.45, 2.75) is 50.3 Å². The van der Waals surface area contributed by atoms with Crippen LogP contribution in [0.2, 0.25) is 0 Å². The molecule has 6 rings (SSSR count). The molecule has 208 valence electrons. The van der Waals surface area contributed by atoms with Gasteiger partial charge in [-0.15, -0.1) is 0 Å². The van der Waals surface area contributed by atoms with Crippen molar-refractivity contribution in [1.82, 2.24) is 5.32 Å². The molecule has 9 nitrogen and oxygen atoms in total. The molecular formula is C31H32N2O7. The molecule has 0 unspecified atom stereocenters. The average Bonchev–Trinajstić information content (AvgIpc) is 3.00. The fourth-order valence-corrected chi connectivity index (χ4v) is 5.48. The van der Waals surface area contributed by atoms with Crippen LogP contribution in [-0.2, 0) is 9.59 Å². The predicted octanol–water partition coefficient (Wildman–Crippen LogP) is 4.53. The lowest BCUT2D eigenvalue weighted by Gasteiger charge is -2.36. The molecule has 2 amide bonds. The van der Waals surface area contributed by atoms with E-state index in [9.17, 15) is 14.7 Å². The maximum atomic E-state index is 14.4. The van der Waals surface area contributed by atoms with Crippen LogP contribution in [0.3, 0.4) is 0 Å². The Kier molecular flexibility index (Phi) is 7.35. The number of hydrogen-bond donors (Lipinski definition) is 2. The molecule has 2 atom stereocenters. The van der Waals surface area contributed by atoms with Crippen molar-refractivity contribution in [3.8, 4) is 28.7 Å². The Bertz CT molecular complexity index is 1370. The monoisotopic (exact) mass is 544 g/mol. The van der Waals surface area contributed by atoms with Crippen LogP contribution in [-0.4, -0.2) is 48.9 Å². The van der Waals surface area contributed by atoms with Gasteiger partial charge in [0.25, 0.3) is 5.91 Å². The number of amides is 2. The highest BCUT2D eigenvalue weighted by Crippen LogP contribution is 2.39. The minimum absolute atomic E-state index is 0.0105. The predicted molar refractivity (Wildman–Crippen MR) is 147 cm³/mol. The van der Waals surface area contributed by atoms with Crippen LogP contribution in [0.15, 0.2) is 66.7 Å². The fraction of sp³-hybridized carbons (Fsp3) is 0.355. The van der Waals surface area contributed by atoms with E-state index in [2.05, 4.69) is 5.32 Å². The number of fused-ring (bicyclic) bond motifs is 2. The van der Waals surface area contributed by atoms with Crippen molar-refractivity contribution in [3.63, 3.8) is 0 Å². The number of ether oxygens (including phenoxy) is 4. The van der Waals surface area contributed by atoms with Crippen LogP contribution in [0.4, 0.5) is 5.69 Å². The average molecular weight is 545 g/mol. The summed E-state index contributed by atoms with van der Waals surface area (Å²) >= 11 is 0. The van der Waals surface area contributed by atoms with Gasteiger partial charge in [-0.2, -0.15) is 0 Å². The highest BCUT2D eigenvalue weighted by atomic mass is 16.6. The normalized spacial score (nSPS) is 18.9. The molecule has 0 radical (unpaired) electrons.